The molecule has 0 aromatic carbocycles. The fraction of sp³-hybridized carbons (Fsp3) is 0.636. The zero-order chi connectivity index (χ0) is 11.0. The van der Waals surface area contributed by atoms with Crippen LogP contribution in [0.25, 0.3) is 0 Å². The number of H-pyrrole nitrogens is 1. The predicted molar refractivity (Wildman–Crippen MR) is 66.3 cm³/mol. The summed E-state index contributed by atoms with van der Waals surface area (Å²) < 4.78 is 0. The fourth-order valence-electron chi connectivity index (χ4n) is 2.82. The molecule has 2 atom stereocenters. The van der Waals surface area contributed by atoms with Crippen molar-refractivity contribution in [2.24, 2.45) is 0 Å². The molecular formula is C11H17ClN4O. The first-order valence-electron chi connectivity index (χ1n) is 5.87. The van der Waals surface area contributed by atoms with Crippen LogP contribution < -0.4 is 10.6 Å². The number of amides is 1. The average molecular weight is 257 g/mol. The molecular weight excluding hydrogens is 240 g/mol. The molecule has 1 amide bonds. The van der Waals surface area contributed by atoms with Gasteiger partial charge in [-0.05, 0) is 31.7 Å². The molecule has 6 heteroatoms. The van der Waals surface area contributed by atoms with E-state index in [-0.39, 0.29) is 18.3 Å². The Balaban J connectivity index is 0.00000108. The van der Waals surface area contributed by atoms with Gasteiger partial charge in [0.25, 0.3) is 5.91 Å². The number of aromatic amines is 1. The van der Waals surface area contributed by atoms with E-state index in [0.29, 0.717) is 23.8 Å². The average Bonchev–Trinajstić information content (AvgIpc) is 2.88. The van der Waals surface area contributed by atoms with Crippen LogP contribution in [0.15, 0.2) is 12.3 Å². The lowest BCUT2D eigenvalue weighted by Gasteiger charge is -2.29. The third kappa shape index (κ3) is 2.61. The van der Waals surface area contributed by atoms with Gasteiger partial charge >= 0.3 is 0 Å². The molecule has 2 aliphatic rings. The van der Waals surface area contributed by atoms with Crippen LogP contribution in [0.1, 0.15) is 36.2 Å². The van der Waals surface area contributed by atoms with Crippen LogP contribution in [0.2, 0.25) is 0 Å². The molecule has 2 aliphatic heterocycles. The Bertz CT molecular complexity index is 369. The van der Waals surface area contributed by atoms with Crippen LogP contribution >= 0.6 is 12.4 Å². The van der Waals surface area contributed by atoms with E-state index in [2.05, 4.69) is 20.8 Å². The second-order valence-corrected chi connectivity index (χ2v) is 4.75. The van der Waals surface area contributed by atoms with Gasteiger partial charge in [0.15, 0.2) is 0 Å². The summed E-state index contributed by atoms with van der Waals surface area (Å²) in [5.74, 6) is -0.0381. The largest absolute Gasteiger partial charge is 0.348 e. The number of aromatic nitrogens is 2. The summed E-state index contributed by atoms with van der Waals surface area (Å²) in [7, 11) is 0. The Morgan fingerprint density at radius 2 is 2.06 bits per heavy atom. The van der Waals surface area contributed by atoms with E-state index in [1.54, 1.807) is 12.3 Å². The molecule has 94 valence electrons. The molecule has 2 fully saturated rings. The predicted octanol–water partition coefficient (Wildman–Crippen LogP) is 0.844. The van der Waals surface area contributed by atoms with Gasteiger partial charge in [0, 0.05) is 24.3 Å². The number of halogens is 1. The molecule has 2 saturated heterocycles. The minimum atomic E-state index is -0.0381. The number of fused-ring (bicyclic) bond motifs is 2. The monoisotopic (exact) mass is 256 g/mol. The van der Waals surface area contributed by atoms with Gasteiger partial charge in [0.1, 0.15) is 5.69 Å². The number of nitrogens with one attached hydrogen (secondary N) is 3. The van der Waals surface area contributed by atoms with Gasteiger partial charge in [-0.2, -0.15) is 5.10 Å². The minimum Gasteiger partial charge on any atom is -0.348 e. The van der Waals surface area contributed by atoms with E-state index in [4.69, 9.17) is 0 Å². The van der Waals surface area contributed by atoms with E-state index >= 15 is 0 Å². The molecule has 2 bridgehead atoms. The summed E-state index contributed by atoms with van der Waals surface area (Å²) in [5, 5.41) is 13.1. The van der Waals surface area contributed by atoms with Gasteiger partial charge in [0.05, 0.1) is 0 Å². The molecule has 1 aromatic rings. The summed E-state index contributed by atoms with van der Waals surface area (Å²) in [6.45, 7) is 0. The van der Waals surface area contributed by atoms with Crippen molar-refractivity contribution in [1.82, 2.24) is 20.8 Å². The molecule has 1 aromatic heterocycles. The molecule has 3 heterocycles. The number of nitrogens with zero attached hydrogens (tertiary/aromatic N) is 1. The molecule has 0 aliphatic carbocycles. The van der Waals surface area contributed by atoms with Crippen LogP contribution in [0, 0.1) is 0 Å². The Labute approximate surface area is 106 Å². The van der Waals surface area contributed by atoms with E-state index < -0.39 is 0 Å². The molecule has 0 radical (unpaired) electrons. The topological polar surface area (TPSA) is 69.8 Å². The van der Waals surface area contributed by atoms with Crippen LogP contribution in [-0.4, -0.2) is 34.2 Å². The number of rotatable bonds is 2. The standard InChI is InChI=1S/C11H16N4O.ClH/c16-11(10-3-4-12-15-10)14-9-5-7-1-2-8(6-9)13-7;/h3-4,7-9,13H,1-2,5-6H2,(H,12,15)(H,14,16);1H. The fourth-order valence-corrected chi connectivity index (χ4v) is 2.82. The lowest BCUT2D eigenvalue weighted by atomic mass is 10.00. The van der Waals surface area contributed by atoms with E-state index in [1.807, 2.05) is 0 Å². The lowest BCUT2D eigenvalue weighted by molar-refractivity contribution is 0.0919. The highest BCUT2D eigenvalue weighted by atomic mass is 35.5. The Hall–Kier alpha value is -1.07. The number of piperidine rings is 1. The van der Waals surface area contributed by atoms with Crippen molar-refractivity contribution in [2.75, 3.05) is 0 Å². The molecule has 0 spiro atoms. The van der Waals surface area contributed by atoms with Gasteiger partial charge in [-0.1, -0.05) is 0 Å². The summed E-state index contributed by atoms with van der Waals surface area (Å²) >= 11 is 0. The maximum atomic E-state index is 11.8. The van der Waals surface area contributed by atoms with Crippen molar-refractivity contribution < 1.29 is 4.79 Å². The van der Waals surface area contributed by atoms with Crippen molar-refractivity contribution in [3.63, 3.8) is 0 Å². The maximum absolute atomic E-state index is 11.8. The van der Waals surface area contributed by atoms with Crippen molar-refractivity contribution in [3.8, 4) is 0 Å². The summed E-state index contributed by atoms with van der Waals surface area (Å²) in [6.07, 6.45) is 6.20. The number of hydrogen-bond acceptors (Lipinski definition) is 3. The summed E-state index contributed by atoms with van der Waals surface area (Å²) in [5.41, 5.74) is 0.547. The zero-order valence-corrected chi connectivity index (χ0v) is 10.3. The molecule has 3 N–H and O–H groups in total. The van der Waals surface area contributed by atoms with E-state index in [0.717, 1.165) is 12.8 Å². The van der Waals surface area contributed by atoms with Crippen LogP contribution in [0.4, 0.5) is 0 Å². The first-order chi connectivity index (χ1) is 7.81. The van der Waals surface area contributed by atoms with E-state index in [1.165, 1.54) is 12.8 Å². The highest BCUT2D eigenvalue weighted by Gasteiger charge is 2.34. The van der Waals surface area contributed by atoms with Crippen molar-refractivity contribution in [1.29, 1.82) is 0 Å². The smallest absolute Gasteiger partial charge is 0.269 e. The lowest BCUT2D eigenvalue weighted by Crippen LogP contribution is -2.48. The van der Waals surface area contributed by atoms with Gasteiger partial charge in [-0.3, -0.25) is 9.89 Å². The third-order valence-corrected chi connectivity index (χ3v) is 3.55. The number of hydrogen-bond donors (Lipinski definition) is 3. The Morgan fingerprint density at radius 3 is 2.65 bits per heavy atom. The molecule has 2 unspecified atom stereocenters. The van der Waals surface area contributed by atoms with Crippen molar-refractivity contribution in [3.05, 3.63) is 18.0 Å². The number of carbonyl (C=O) groups excluding carboxylic acids is 1. The SMILES string of the molecule is Cl.O=C(NC1CC2CCC(C1)N2)c1ccn[nH]1. The van der Waals surface area contributed by atoms with Gasteiger partial charge in [-0.15, -0.1) is 12.4 Å². The molecule has 5 nitrogen and oxygen atoms in total. The summed E-state index contributed by atoms with van der Waals surface area (Å²) in [4.78, 5) is 11.8. The highest BCUT2D eigenvalue weighted by Crippen LogP contribution is 2.26. The highest BCUT2D eigenvalue weighted by molar-refractivity contribution is 5.92. The second-order valence-electron chi connectivity index (χ2n) is 4.75. The van der Waals surface area contributed by atoms with Crippen LogP contribution in [0.5, 0.6) is 0 Å². The Morgan fingerprint density at radius 1 is 1.35 bits per heavy atom. The van der Waals surface area contributed by atoms with Crippen LogP contribution in [-0.2, 0) is 0 Å². The van der Waals surface area contributed by atoms with Gasteiger partial charge in [-0.25, -0.2) is 0 Å². The minimum absolute atomic E-state index is 0. The Kier molecular flexibility index (Phi) is 3.69. The van der Waals surface area contributed by atoms with Crippen LogP contribution in [0.3, 0.4) is 0 Å². The van der Waals surface area contributed by atoms with Crippen molar-refractivity contribution in [2.45, 2.75) is 43.8 Å². The van der Waals surface area contributed by atoms with Gasteiger partial charge < -0.3 is 10.6 Å². The molecule has 3 rings (SSSR count). The second kappa shape index (κ2) is 5.06. The molecule has 0 saturated carbocycles. The quantitative estimate of drug-likeness (QED) is 0.735. The molecule has 17 heavy (non-hydrogen) atoms. The summed E-state index contributed by atoms with van der Waals surface area (Å²) in [6, 6.07) is 3.22. The number of carbonyl (C=O) groups is 1. The third-order valence-electron chi connectivity index (χ3n) is 3.55. The normalized spacial score (nSPS) is 30.7. The maximum Gasteiger partial charge on any atom is 0.269 e. The first-order valence-corrected chi connectivity index (χ1v) is 5.87. The van der Waals surface area contributed by atoms with Crippen molar-refractivity contribution >= 4 is 18.3 Å². The van der Waals surface area contributed by atoms with E-state index in [9.17, 15) is 4.79 Å². The van der Waals surface area contributed by atoms with Gasteiger partial charge in [0.2, 0.25) is 0 Å². The first kappa shape index (κ1) is 12.4. The zero-order valence-electron chi connectivity index (χ0n) is 9.48.